The summed E-state index contributed by atoms with van der Waals surface area (Å²) in [5.74, 6) is 1.51. The van der Waals surface area contributed by atoms with Gasteiger partial charge in [-0.05, 0) is 42.3 Å². The Kier molecular flexibility index (Phi) is 5.16. The van der Waals surface area contributed by atoms with Crippen LogP contribution in [0.1, 0.15) is 18.1 Å². The number of benzene rings is 2. The summed E-state index contributed by atoms with van der Waals surface area (Å²) in [6, 6.07) is 15.0. The van der Waals surface area contributed by atoms with Crippen molar-refractivity contribution in [3.8, 4) is 11.5 Å². The van der Waals surface area contributed by atoms with E-state index in [0.29, 0.717) is 0 Å². The van der Waals surface area contributed by atoms with E-state index in [4.69, 9.17) is 44.3 Å². The lowest BCUT2D eigenvalue weighted by Crippen LogP contribution is -2.38. The summed E-state index contributed by atoms with van der Waals surface area (Å²) in [4.78, 5) is 0. The Bertz CT molecular complexity index is 568. The van der Waals surface area contributed by atoms with Crippen LogP contribution in [0.2, 0.25) is 0 Å². The van der Waals surface area contributed by atoms with Gasteiger partial charge in [-0.25, -0.2) is 0 Å². The Morgan fingerprint density at radius 1 is 0.682 bits per heavy atom. The molecule has 118 valence electrons. The second kappa shape index (κ2) is 6.57. The predicted molar refractivity (Wildman–Crippen MR) is 92.7 cm³/mol. The van der Waals surface area contributed by atoms with Crippen molar-refractivity contribution in [1.82, 2.24) is 0 Å². The van der Waals surface area contributed by atoms with Gasteiger partial charge >= 0.3 is 0 Å². The van der Waals surface area contributed by atoms with E-state index in [1.54, 1.807) is 14.2 Å². The van der Waals surface area contributed by atoms with E-state index in [9.17, 15) is 0 Å². The van der Waals surface area contributed by atoms with Gasteiger partial charge in [0.05, 0.1) is 19.6 Å². The van der Waals surface area contributed by atoms with E-state index in [1.807, 2.05) is 55.5 Å². The maximum atomic E-state index is 6.33. The predicted octanol–water partition coefficient (Wildman–Crippen LogP) is 5.38. The molecule has 0 aliphatic carbocycles. The van der Waals surface area contributed by atoms with Gasteiger partial charge in [0, 0.05) is 0 Å². The summed E-state index contributed by atoms with van der Waals surface area (Å²) in [6.07, 6.45) is 0. The van der Waals surface area contributed by atoms with Gasteiger partial charge < -0.3 is 9.47 Å². The highest BCUT2D eigenvalue weighted by Crippen LogP contribution is 2.51. The highest BCUT2D eigenvalue weighted by atomic mass is 35.6. The Morgan fingerprint density at radius 2 is 1.00 bits per heavy atom. The number of methoxy groups -OCH3 is 2. The van der Waals surface area contributed by atoms with Crippen molar-refractivity contribution in [1.29, 1.82) is 0 Å². The van der Waals surface area contributed by atoms with E-state index >= 15 is 0 Å². The minimum Gasteiger partial charge on any atom is -0.497 e. The number of rotatable bonds is 4. The van der Waals surface area contributed by atoms with Gasteiger partial charge in [0.2, 0.25) is 3.79 Å². The van der Waals surface area contributed by atoms with Crippen LogP contribution in [0.15, 0.2) is 48.5 Å². The van der Waals surface area contributed by atoms with E-state index in [1.165, 1.54) is 0 Å². The van der Waals surface area contributed by atoms with Crippen LogP contribution in [0.5, 0.6) is 11.5 Å². The summed E-state index contributed by atoms with van der Waals surface area (Å²) in [5.41, 5.74) is 0.966. The van der Waals surface area contributed by atoms with Crippen molar-refractivity contribution in [3.63, 3.8) is 0 Å². The maximum absolute atomic E-state index is 6.33. The highest BCUT2D eigenvalue weighted by Gasteiger charge is 2.47. The number of hydrogen-bond donors (Lipinski definition) is 0. The zero-order valence-electron chi connectivity index (χ0n) is 12.6. The molecule has 0 atom stereocenters. The van der Waals surface area contributed by atoms with Crippen LogP contribution in [0.25, 0.3) is 0 Å². The van der Waals surface area contributed by atoms with Gasteiger partial charge in [0.1, 0.15) is 11.5 Å². The normalized spacial score (nSPS) is 12.1. The van der Waals surface area contributed by atoms with Crippen molar-refractivity contribution >= 4 is 34.8 Å². The monoisotopic (exact) mass is 358 g/mol. The molecule has 0 bridgehead atoms. The molecular weight excluding hydrogens is 343 g/mol. The fraction of sp³-hybridized carbons (Fsp3) is 0.294. The van der Waals surface area contributed by atoms with Crippen molar-refractivity contribution in [2.24, 2.45) is 0 Å². The molecule has 2 aromatic carbocycles. The average Bonchev–Trinajstić information content (AvgIpc) is 2.53. The number of halogens is 3. The molecule has 0 saturated carbocycles. The molecule has 22 heavy (non-hydrogen) atoms. The molecular formula is C17H17Cl3O2. The van der Waals surface area contributed by atoms with E-state index in [-0.39, 0.29) is 0 Å². The van der Waals surface area contributed by atoms with E-state index < -0.39 is 9.21 Å². The molecule has 0 aliphatic rings. The van der Waals surface area contributed by atoms with Crippen LogP contribution in [0.4, 0.5) is 0 Å². The molecule has 2 nitrogen and oxygen atoms in total. The number of ether oxygens (including phenoxy) is 2. The zero-order valence-corrected chi connectivity index (χ0v) is 14.8. The van der Waals surface area contributed by atoms with Crippen molar-refractivity contribution in [2.75, 3.05) is 14.2 Å². The molecule has 0 fully saturated rings. The van der Waals surface area contributed by atoms with Crippen molar-refractivity contribution < 1.29 is 9.47 Å². The molecule has 0 radical (unpaired) electrons. The van der Waals surface area contributed by atoms with Crippen LogP contribution in [-0.2, 0) is 5.41 Å². The van der Waals surface area contributed by atoms with Crippen LogP contribution in [-0.4, -0.2) is 18.0 Å². The summed E-state index contributed by atoms with van der Waals surface area (Å²) in [5, 5.41) is 0. The van der Waals surface area contributed by atoms with Crippen LogP contribution < -0.4 is 9.47 Å². The molecule has 2 rings (SSSR count). The number of hydrogen-bond acceptors (Lipinski definition) is 2. The first-order chi connectivity index (χ1) is 10.3. The van der Waals surface area contributed by atoms with Crippen molar-refractivity contribution in [2.45, 2.75) is 16.1 Å². The lowest BCUT2D eigenvalue weighted by Gasteiger charge is -2.37. The molecule has 5 heteroatoms. The largest absolute Gasteiger partial charge is 0.497 e. The summed E-state index contributed by atoms with van der Waals surface area (Å²) >= 11 is 19.0. The second-order valence-electron chi connectivity index (χ2n) is 5.08. The first kappa shape index (κ1) is 17.3. The van der Waals surface area contributed by atoms with Gasteiger partial charge in [-0.3, -0.25) is 0 Å². The first-order valence-electron chi connectivity index (χ1n) is 6.68. The fourth-order valence-corrected chi connectivity index (χ4v) is 3.00. The molecule has 0 aliphatic heterocycles. The second-order valence-corrected chi connectivity index (χ2v) is 7.36. The van der Waals surface area contributed by atoms with Gasteiger partial charge in [0.15, 0.2) is 0 Å². The molecule has 0 aromatic heterocycles. The summed E-state index contributed by atoms with van der Waals surface area (Å²) in [6.45, 7) is 1.91. The Balaban J connectivity index is 2.55. The standard InChI is InChI=1S/C17H17Cl3O2/c1-16(17(18,19)20,12-4-8-14(21-2)9-5-12)13-6-10-15(22-3)11-7-13/h4-11H,1-3H3. The molecule has 0 spiro atoms. The van der Waals surface area contributed by atoms with Crippen LogP contribution in [0.3, 0.4) is 0 Å². The minimum atomic E-state index is -1.52. The smallest absolute Gasteiger partial charge is 0.203 e. The van der Waals surface area contributed by atoms with Crippen LogP contribution in [0, 0.1) is 0 Å². The van der Waals surface area contributed by atoms with E-state index in [2.05, 4.69) is 0 Å². The fourth-order valence-electron chi connectivity index (χ4n) is 2.34. The SMILES string of the molecule is COc1ccc(C(C)(c2ccc(OC)cc2)C(Cl)(Cl)Cl)cc1. The number of alkyl halides is 3. The molecule has 0 heterocycles. The van der Waals surface area contributed by atoms with Gasteiger partial charge in [-0.15, -0.1) is 0 Å². The lowest BCUT2D eigenvalue weighted by atomic mass is 9.77. The third-order valence-corrected chi connectivity index (χ3v) is 5.04. The summed E-state index contributed by atoms with van der Waals surface area (Å²) in [7, 11) is 3.24. The minimum absolute atomic E-state index is 0.755. The Labute approximate surface area is 145 Å². The molecule has 0 amide bonds. The molecule has 2 aromatic rings. The average molecular weight is 360 g/mol. The lowest BCUT2D eigenvalue weighted by molar-refractivity contribution is 0.413. The van der Waals surface area contributed by atoms with Gasteiger partial charge in [-0.2, -0.15) is 0 Å². The topological polar surface area (TPSA) is 18.5 Å². The van der Waals surface area contributed by atoms with Crippen LogP contribution >= 0.6 is 34.8 Å². The molecule has 0 N–H and O–H groups in total. The molecule has 0 saturated heterocycles. The molecule has 0 unspecified atom stereocenters. The van der Waals surface area contributed by atoms with Gasteiger partial charge in [0.25, 0.3) is 0 Å². The highest BCUT2D eigenvalue weighted by molar-refractivity contribution is 6.68. The maximum Gasteiger partial charge on any atom is 0.203 e. The van der Waals surface area contributed by atoms with E-state index in [0.717, 1.165) is 22.6 Å². The zero-order chi connectivity index (χ0) is 16.4. The first-order valence-corrected chi connectivity index (χ1v) is 7.82. The van der Waals surface area contributed by atoms with Crippen molar-refractivity contribution in [3.05, 3.63) is 59.7 Å². The quantitative estimate of drug-likeness (QED) is 0.682. The third-order valence-electron chi connectivity index (χ3n) is 3.90. The third kappa shape index (κ3) is 3.15. The Hall–Kier alpha value is -1.09. The Morgan fingerprint density at radius 3 is 1.23 bits per heavy atom. The summed E-state index contributed by atoms with van der Waals surface area (Å²) < 4.78 is 8.86. The van der Waals surface area contributed by atoms with Gasteiger partial charge in [-0.1, -0.05) is 59.1 Å².